The Morgan fingerprint density at radius 2 is 1.40 bits per heavy atom. The number of carbonyl (C=O) groups excluding carboxylic acids is 1. The summed E-state index contributed by atoms with van der Waals surface area (Å²) < 4.78 is 2.63. The summed E-state index contributed by atoms with van der Waals surface area (Å²) in [5, 5.41) is 18.4. The van der Waals surface area contributed by atoms with Gasteiger partial charge in [0.15, 0.2) is 5.78 Å². The summed E-state index contributed by atoms with van der Waals surface area (Å²) in [7, 11) is 0. The molecule has 42 heavy (non-hydrogen) atoms. The van der Waals surface area contributed by atoms with Crippen LogP contribution in [0.5, 0.6) is 0 Å². The zero-order valence-electron chi connectivity index (χ0n) is 25.0. The fourth-order valence-electron chi connectivity index (χ4n) is 5.86. The Balaban J connectivity index is 0.000000221. The number of aliphatic hydroxyl groups is 1. The van der Waals surface area contributed by atoms with Crippen molar-refractivity contribution in [1.29, 1.82) is 0 Å². The fraction of sp³-hybridized carbons (Fsp3) is 0.297. The topological polar surface area (TPSA) is 50.2 Å². The van der Waals surface area contributed by atoms with Crippen LogP contribution in [0.15, 0.2) is 78.7 Å². The minimum Gasteiger partial charge on any atom is -0.512 e. The second-order valence-electron chi connectivity index (χ2n) is 10.8. The molecule has 0 atom stereocenters. The third-order valence-corrected chi connectivity index (χ3v) is 9.61. The van der Waals surface area contributed by atoms with Crippen molar-refractivity contribution >= 4 is 69.7 Å². The Kier molecular flexibility index (Phi) is 10.5. The minimum absolute atomic E-state index is 0. The van der Waals surface area contributed by atoms with E-state index in [2.05, 4.69) is 73.7 Å². The molecule has 0 saturated carbocycles. The van der Waals surface area contributed by atoms with Crippen LogP contribution in [0.1, 0.15) is 58.9 Å². The van der Waals surface area contributed by atoms with Crippen molar-refractivity contribution in [2.24, 2.45) is 11.8 Å². The molecule has 3 nitrogen and oxygen atoms in total. The molecule has 1 N–H and O–H groups in total. The van der Waals surface area contributed by atoms with Crippen LogP contribution in [0.25, 0.3) is 52.6 Å². The van der Waals surface area contributed by atoms with Crippen LogP contribution in [0, 0.1) is 24.8 Å². The Labute approximate surface area is 266 Å². The van der Waals surface area contributed by atoms with E-state index in [1.54, 1.807) is 0 Å². The summed E-state index contributed by atoms with van der Waals surface area (Å²) in [6.45, 7) is 10.2. The number of thiophene rings is 1. The van der Waals surface area contributed by atoms with Crippen molar-refractivity contribution in [3.8, 4) is 0 Å². The molecule has 5 heteroatoms. The van der Waals surface area contributed by atoms with Crippen LogP contribution in [0.2, 0.25) is 0 Å². The van der Waals surface area contributed by atoms with Crippen LogP contribution in [0.3, 0.4) is 0 Å². The van der Waals surface area contributed by atoms with Gasteiger partial charge in [0.25, 0.3) is 0 Å². The van der Waals surface area contributed by atoms with Crippen molar-refractivity contribution in [2.75, 3.05) is 0 Å². The number of nitrogens with zero attached hydrogens (tertiary/aromatic N) is 1. The van der Waals surface area contributed by atoms with E-state index < -0.39 is 0 Å². The van der Waals surface area contributed by atoms with Crippen molar-refractivity contribution in [3.05, 3.63) is 90.3 Å². The molecular formula is C37H38IrNO2S-. The van der Waals surface area contributed by atoms with Gasteiger partial charge in [0.2, 0.25) is 0 Å². The average Bonchev–Trinajstić information content (AvgIpc) is 3.38. The van der Waals surface area contributed by atoms with Crippen molar-refractivity contribution < 1.29 is 30.0 Å². The van der Waals surface area contributed by atoms with Gasteiger partial charge in [-0.3, -0.25) is 4.79 Å². The maximum absolute atomic E-state index is 11.7. The van der Waals surface area contributed by atoms with Gasteiger partial charge in [0.1, 0.15) is 0 Å². The molecule has 0 aliphatic carbocycles. The molecule has 6 aromatic rings. The number of fused-ring (bicyclic) bond motifs is 9. The number of aromatic nitrogens is 1. The van der Waals surface area contributed by atoms with Gasteiger partial charge < -0.3 is 10.1 Å². The average molecular weight is 753 g/mol. The normalized spacial score (nSPS) is 11.9. The first-order valence-electron chi connectivity index (χ1n) is 14.8. The van der Waals surface area contributed by atoms with Gasteiger partial charge in [-0.25, -0.2) is 0 Å². The van der Waals surface area contributed by atoms with Gasteiger partial charge in [-0.1, -0.05) is 105 Å². The van der Waals surface area contributed by atoms with E-state index in [0.717, 1.165) is 36.6 Å². The zero-order valence-corrected chi connectivity index (χ0v) is 28.2. The molecule has 0 saturated heterocycles. The number of pyridine rings is 1. The smallest absolute Gasteiger partial charge is 0.162 e. The van der Waals surface area contributed by atoms with E-state index in [9.17, 15) is 9.90 Å². The summed E-state index contributed by atoms with van der Waals surface area (Å²) in [5.41, 5.74) is 2.23. The largest absolute Gasteiger partial charge is 0.512 e. The van der Waals surface area contributed by atoms with E-state index in [-0.39, 0.29) is 43.5 Å². The predicted octanol–water partition coefficient (Wildman–Crippen LogP) is 10.9. The molecule has 0 bridgehead atoms. The molecule has 0 fully saturated rings. The molecule has 0 aliphatic rings. The standard InChI is InChI=1S/C24H14NS.C13H24O2.Ir/c1-14-12-20-17(16-7-3-2-6-15(14)16)10-11-19-23(20)25-13-21-18-8-4-5-9-22(18)26-24(19)21;1-5-10(6-2)12(14)9-13(15)11(7-3)8-4;/h2-11,13H,1H3;9-11,14H,5-8H2,1-4H3;/q-1;;/b;12-9-;. The fourth-order valence-corrected chi connectivity index (χ4v) is 7.06. The summed E-state index contributed by atoms with van der Waals surface area (Å²) in [5.74, 6) is 0.547. The number of ketones is 1. The maximum Gasteiger partial charge on any atom is 0.162 e. The van der Waals surface area contributed by atoms with Gasteiger partial charge in [-0.05, 0) is 42.7 Å². The van der Waals surface area contributed by atoms with E-state index in [4.69, 9.17) is 4.98 Å². The number of aliphatic hydroxyl groups excluding tert-OH is 1. The second-order valence-corrected chi connectivity index (χ2v) is 11.8. The summed E-state index contributed by atoms with van der Waals surface area (Å²) in [4.78, 5) is 16.6. The van der Waals surface area contributed by atoms with Crippen molar-refractivity contribution in [1.82, 2.24) is 4.98 Å². The molecular weight excluding hydrogens is 715 g/mol. The summed E-state index contributed by atoms with van der Waals surface area (Å²) in [6.07, 6.45) is 6.94. The first kappa shape index (κ1) is 31.8. The molecule has 4 aromatic carbocycles. The monoisotopic (exact) mass is 753 g/mol. The number of carbonyl (C=O) groups is 1. The minimum atomic E-state index is 0. The van der Waals surface area contributed by atoms with Gasteiger partial charge in [-0.15, -0.1) is 28.4 Å². The second kappa shape index (κ2) is 13.9. The van der Waals surface area contributed by atoms with Gasteiger partial charge in [0.05, 0.1) is 5.76 Å². The van der Waals surface area contributed by atoms with Gasteiger partial charge >= 0.3 is 0 Å². The van der Waals surface area contributed by atoms with Crippen LogP contribution in [0.4, 0.5) is 0 Å². The number of aryl methyl sites for hydroxylation is 1. The van der Waals surface area contributed by atoms with Gasteiger partial charge in [0, 0.05) is 64.4 Å². The quantitative estimate of drug-likeness (QED) is 0.0765. The van der Waals surface area contributed by atoms with Crippen LogP contribution in [-0.2, 0) is 24.9 Å². The predicted molar refractivity (Wildman–Crippen MR) is 177 cm³/mol. The molecule has 0 spiro atoms. The van der Waals surface area contributed by atoms with Gasteiger partial charge in [-0.2, -0.15) is 0 Å². The SMILES string of the molecule is CCC(CC)C(=O)/C=C(\O)C(CC)CC.Cc1[c-]c2c(ccc3c2ncc2c4ccccc4sc23)c2ccccc12.[Ir]. The molecule has 0 unspecified atom stereocenters. The Bertz CT molecular complexity index is 1900. The maximum atomic E-state index is 11.7. The zero-order chi connectivity index (χ0) is 29.1. The molecule has 0 aliphatic heterocycles. The van der Waals surface area contributed by atoms with Crippen LogP contribution < -0.4 is 0 Å². The number of hydrogen-bond acceptors (Lipinski definition) is 4. The molecule has 1 radical (unpaired) electrons. The van der Waals surface area contributed by atoms with Crippen LogP contribution >= 0.6 is 11.3 Å². The van der Waals surface area contributed by atoms with Crippen LogP contribution in [-0.4, -0.2) is 15.9 Å². The number of allylic oxidation sites excluding steroid dienone is 2. The molecule has 6 rings (SSSR count). The Morgan fingerprint density at radius 1 is 0.810 bits per heavy atom. The third-order valence-electron chi connectivity index (χ3n) is 8.39. The first-order valence-corrected chi connectivity index (χ1v) is 15.6. The van der Waals surface area contributed by atoms with Crippen molar-refractivity contribution in [2.45, 2.75) is 60.3 Å². The number of hydrogen-bond donors (Lipinski definition) is 1. The van der Waals surface area contributed by atoms with Crippen molar-refractivity contribution in [3.63, 3.8) is 0 Å². The Morgan fingerprint density at radius 3 is 2.07 bits per heavy atom. The third kappa shape index (κ3) is 6.01. The van der Waals surface area contributed by atoms with E-state index in [1.165, 1.54) is 53.4 Å². The summed E-state index contributed by atoms with van der Waals surface area (Å²) >= 11 is 1.85. The van der Waals surface area contributed by atoms with E-state index in [1.807, 2.05) is 45.2 Å². The van der Waals surface area contributed by atoms with E-state index >= 15 is 0 Å². The number of benzene rings is 4. The summed E-state index contributed by atoms with van der Waals surface area (Å²) in [6, 6.07) is 25.2. The Hall–Kier alpha value is -3.11. The number of rotatable bonds is 7. The molecule has 0 amide bonds. The molecule has 2 heterocycles. The van der Waals surface area contributed by atoms with E-state index in [0.29, 0.717) is 0 Å². The first-order chi connectivity index (χ1) is 19.9. The molecule has 2 aromatic heterocycles. The molecule has 219 valence electrons.